The molecule has 3 aromatic carbocycles. The van der Waals surface area contributed by atoms with Crippen molar-refractivity contribution in [3.8, 4) is 0 Å². The molecule has 1 amide bonds. The molecule has 0 fully saturated rings. The molecule has 36 heavy (non-hydrogen) atoms. The fourth-order valence-electron chi connectivity index (χ4n) is 4.66. The van der Waals surface area contributed by atoms with Gasteiger partial charge in [-0.25, -0.2) is 4.79 Å². The fraction of sp³-hybridized carbons (Fsp3) is 0.300. The lowest BCUT2D eigenvalue weighted by atomic mass is 9.90. The maximum atomic E-state index is 13.2. The normalized spacial score (nSPS) is 15.1. The molecular weight excluding hydrogens is 450 g/mol. The Hall–Kier alpha value is -3.77. The monoisotopic (exact) mass is 483 g/mol. The lowest BCUT2D eigenvalue weighted by molar-refractivity contribution is -0.115. The Morgan fingerprint density at radius 3 is 2.28 bits per heavy atom. The van der Waals surface area contributed by atoms with E-state index in [0.717, 1.165) is 49.3 Å². The average molecular weight is 484 g/mol. The van der Waals surface area contributed by atoms with Gasteiger partial charge in [-0.05, 0) is 66.9 Å². The van der Waals surface area contributed by atoms with Gasteiger partial charge in [0, 0.05) is 12.2 Å². The summed E-state index contributed by atoms with van der Waals surface area (Å²) in [5, 5.41) is 2.92. The summed E-state index contributed by atoms with van der Waals surface area (Å²) in [4.78, 5) is 32.6. The van der Waals surface area contributed by atoms with E-state index in [1.807, 2.05) is 48.5 Å². The van der Waals surface area contributed by atoms with Crippen LogP contribution in [0.2, 0.25) is 0 Å². The van der Waals surface area contributed by atoms with E-state index in [1.165, 1.54) is 12.7 Å². The molecule has 3 aromatic rings. The summed E-state index contributed by atoms with van der Waals surface area (Å²) in [6.07, 6.45) is 2.27. The zero-order valence-corrected chi connectivity index (χ0v) is 21.2. The Morgan fingerprint density at radius 1 is 0.944 bits per heavy atom. The van der Waals surface area contributed by atoms with Gasteiger partial charge in [-0.3, -0.25) is 14.7 Å². The maximum absolute atomic E-state index is 13.2. The quantitative estimate of drug-likeness (QED) is 0.286. The predicted molar refractivity (Wildman–Crippen MR) is 144 cm³/mol. The second-order valence-electron chi connectivity index (χ2n) is 9.02. The van der Waals surface area contributed by atoms with Crippen LogP contribution in [0.4, 0.5) is 11.4 Å². The number of methoxy groups -OCH3 is 1. The Balaban J connectivity index is 1.68. The van der Waals surface area contributed by atoms with Gasteiger partial charge >= 0.3 is 5.97 Å². The zero-order valence-electron chi connectivity index (χ0n) is 21.2. The highest BCUT2D eigenvalue weighted by molar-refractivity contribution is 6.24. The third-order valence-corrected chi connectivity index (χ3v) is 6.32. The molecule has 1 unspecified atom stereocenters. The van der Waals surface area contributed by atoms with Crippen molar-refractivity contribution in [2.75, 3.05) is 25.5 Å². The molecular formula is C30H33N3O3. The molecule has 0 aromatic heterocycles. The molecule has 1 heterocycles. The van der Waals surface area contributed by atoms with Gasteiger partial charge in [-0.1, -0.05) is 62.4 Å². The standard InChI is InChI=1S/C30H33N3O3/c1-4-17-33(18-5-2)20-21-11-14-24(15-12-21)31-28(22-9-7-6-8-10-22)27-25-16-13-23(30(35)36-3)19-26(25)32-29(27)34/h6-16,19,27H,4-5,17-18,20H2,1-3H3,(H,32,34). The first-order valence-corrected chi connectivity index (χ1v) is 12.5. The lowest BCUT2D eigenvalue weighted by Gasteiger charge is -2.21. The second-order valence-corrected chi connectivity index (χ2v) is 9.02. The molecule has 1 aliphatic heterocycles. The summed E-state index contributed by atoms with van der Waals surface area (Å²) in [6.45, 7) is 7.50. The smallest absolute Gasteiger partial charge is 0.337 e. The molecule has 0 spiro atoms. The van der Waals surface area contributed by atoms with E-state index in [2.05, 4.69) is 36.2 Å². The number of benzene rings is 3. The number of hydrogen-bond donors (Lipinski definition) is 1. The molecule has 4 rings (SSSR count). The molecule has 0 saturated heterocycles. The SMILES string of the molecule is CCCN(CCC)Cc1ccc(N=C(c2ccccc2)C2C(=O)Nc3cc(C(=O)OC)ccc32)cc1. The number of nitrogens with one attached hydrogen (secondary N) is 1. The number of esters is 1. The van der Waals surface area contributed by atoms with Crippen LogP contribution in [0.3, 0.4) is 0 Å². The third kappa shape index (κ3) is 5.71. The van der Waals surface area contributed by atoms with Crippen LogP contribution in [0.5, 0.6) is 0 Å². The Kier molecular flexibility index (Phi) is 8.28. The van der Waals surface area contributed by atoms with E-state index >= 15 is 0 Å². The molecule has 0 aliphatic carbocycles. The molecule has 6 nitrogen and oxygen atoms in total. The van der Waals surface area contributed by atoms with Crippen molar-refractivity contribution in [1.82, 2.24) is 4.90 Å². The summed E-state index contributed by atoms with van der Waals surface area (Å²) in [6, 6.07) is 23.2. The van der Waals surface area contributed by atoms with E-state index in [1.54, 1.807) is 12.1 Å². The summed E-state index contributed by atoms with van der Waals surface area (Å²) in [5.41, 5.74) is 5.39. The van der Waals surface area contributed by atoms with Crippen LogP contribution in [-0.4, -0.2) is 42.7 Å². The molecule has 186 valence electrons. The van der Waals surface area contributed by atoms with Gasteiger partial charge < -0.3 is 10.1 Å². The molecule has 0 bridgehead atoms. The predicted octanol–water partition coefficient (Wildman–Crippen LogP) is 5.95. The Labute approximate surface area is 213 Å². The van der Waals surface area contributed by atoms with E-state index < -0.39 is 11.9 Å². The van der Waals surface area contributed by atoms with Gasteiger partial charge in [0.1, 0.15) is 5.92 Å². The number of rotatable bonds is 10. The first-order chi connectivity index (χ1) is 17.5. The Morgan fingerprint density at radius 2 is 1.64 bits per heavy atom. The molecule has 1 atom stereocenters. The summed E-state index contributed by atoms with van der Waals surface area (Å²) >= 11 is 0. The van der Waals surface area contributed by atoms with E-state index in [0.29, 0.717) is 17.0 Å². The zero-order chi connectivity index (χ0) is 25.5. The van der Waals surface area contributed by atoms with Gasteiger partial charge in [0.15, 0.2) is 0 Å². The van der Waals surface area contributed by atoms with Gasteiger partial charge in [0.25, 0.3) is 0 Å². The number of amides is 1. The molecule has 6 heteroatoms. The van der Waals surface area contributed by atoms with Crippen molar-refractivity contribution in [3.05, 3.63) is 95.1 Å². The summed E-state index contributed by atoms with van der Waals surface area (Å²) in [7, 11) is 1.34. The van der Waals surface area contributed by atoms with E-state index in [4.69, 9.17) is 9.73 Å². The van der Waals surface area contributed by atoms with E-state index in [-0.39, 0.29) is 5.91 Å². The largest absolute Gasteiger partial charge is 0.465 e. The highest BCUT2D eigenvalue weighted by Crippen LogP contribution is 2.37. The number of ether oxygens (including phenoxy) is 1. The van der Waals surface area contributed by atoms with Crippen molar-refractivity contribution in [2.45, 2.75) is 39.2 Å². The molecule has 1 N–H and O–H groups in total. The average Bonchev–Trinajstić information content (AvgIpc) is 3.23. The topological polar surface area (TPSA) is 71.0 Å². The van der Waals surface area contributed by atoms with Crippen LogP contribution in [-0.2, 0) is 16.1 Å². The number of carbonyl (C=O) groups excluding carboxylic acids is 2. The molecule has 0 saturated carbocycles. The van der Waals surface area contributed by atoms with Gasteiger partial charge in [0.2, 0.25) is 5.91 Å². The highest BCUT2D eigenvalue weighted by Gasteiger charge is 2.36. The minimum atomic E-state index is -0.585. The highest BCUT2D eigenvalue weighted by atomic mass is 16.5. The van der Waals surface area contributed by atoms with Gasteiger partial charge in [-0.2, -0.15) is 0 Å². The third-order valence-electron chi connectivity index (χ3n) is 6.32. The minimum Gasteiger partial charge on any atom is -0.465 e. The van der Waals surface area contributed by atoms with Gasteiger partial charge in [-0.15, -0.1) is 0 Å². The number of fused-ring (bicyclic) bond motifs is 1. The van der Waals surface area contributed by atoms with Crippen molar-refractivity contribution in [3.63, 3.8) is 0 Å². The summed E-state index contributed by atoms with van der Waals surface area (Å²) < 4.78 is 4.83. The second kappa shape index (κ2) is 11.8. The molecule has 1 aliphatic rings. The number of nitrogens with zero attached hydrogens (tertiary/aromatic N) is 2. The van der Waals surface area contributed by atoms with Crippen molar-refractivity contribution >= 4 is 29.0 Å². The van der Waals surface area contributed by atoms with Crippen molar-refractivity contribution in [2.24, 2.45) is 4.99 Å². The van der Waals surface area contributed by atoms with Crippen LogP contribution in [0, 0.1) is 0 Å². The summed E-state index contributed by atoms with van der Waals surface area (Å²) in [5.74, 6) is -1.19. The number of anilines is 1. The number of aliphatic imine (C=N–C) groups is 1. The lowest BCUT2D eigenvalue weighted by Crippen LogP contribution is -2.24. The van der Waals surface area contributed by atoms with Crippen molar-refractivity contribution < 1.29 is 14.3 Å². The van der Waals surface area contributed by atoms with Crippen LogP contribution >= 0.6 is 0 Å². The first-order valence-electron chi connectivity index (χ1n) is 12.5. The van der Waals surface area contributed by atoms with Crippen LogP contribution in [0.15, 0.2) is 77.8 Å². The van der Waals surface area contributed by atoms with Crippen LogP contribution in [0.25, 0.3) is 0 Å². The number of carbonyl (C=O) groups is 2. The van der Waals surface area contributed by atoms with Crippen molar-refractivity contribution in [1.29, 1.82) is 0 Å². The molecule has 0 radical (unpaired) electrons. The van der Waals surface area contributed by atoms with Crippen LogP contribution < -0.4 is 5.32 Å². The minimum absolute atomic E-state index is 0.166. The Bertz CT molecular complexity index is 1230. The maximum Gasteiger partial charge on any atom is 0.337 e. The fourth-order valence-corrected chi connectivity index (χ4v) is 4.66. The van der Waals surface area contributed by atoms with E-state index in [9.17, 15) is 9.59 Å². The van der Waals surface area contributed by atoms with Crippen LogP contribution in [0.1, 0.15) is 59.7 Å². The van der Waals surface area contributed by atoms with Gasteiger partial charge in [0.05, 0.1) is 24.1 Å². The first kappa shape index (κ1) is 25.3. The number of hydrogen-bond acceptors (Lipinski definition) is 5.